The molecule has 0 radical (unpaired) electrons. The molecule has 1 rings (SSSR count). The summed E-state index contributed by atoms with van der Waals surface area (Å²) in [6.45, 7) is 8.49. The lowest BCUT2D eigenvalue weighted by Crippen LogP contribution is -2.32. The fraction of sp³-hybridized carbons (Fsp3) is 0.625. The normalized spacial score (nSPS) is 14.9. The van der Waals surface area contributed by atoms with Crippen molar-refractivity contribution in [3.63, 3.8) is 0 Å². The Balaban J connectivity index is 2.53. The molecule has 0 amide bonds. The Labute approximate surface area is 116 Å². The molecule has 0 spiro atoms. The first kappa shape index (κ1) is 16.1. The first-order valence-corrected chi connectivity index (χ1v) is 7.10. The van der Waals surface area contributed by atoms with Gasteiger partial charge in [0, 0.05) is 18.2 Å². The summed E-state index contributed by atoms with van der Waals surface area (Å²) in [5.74, 6) is 0.735. The van der Waals surface area contributed by atoms with Gasteiger partial charge < -0.3 is 10.6 Å². The molecular formula is C16H27FN2. The summed E-state index contributed by atoms with van der Waals surface area (Å²) in [6, 6.07) is 6.55. The monoisotopic (exact) mass is 266 g/mol. The summed E-state index contributed by atoms with van der Waals surface area (Å²) in [5.41, 5.74) is 6.79. The summed E-state index contributed by atoms with van der Waals surface area (Å²) in [4.78, 5) is 2.28. The quantitative estimate of drug-likeness (QED) is 0.819. The number of nitrogens with zero attached hydrogens (tertiary/aromatic N) is 1. The molecule has 0 fully saturated rings. The van der Waals surface area contributed by atoms with Crippen LogP contribution in [-0.4, -0.2) is 25.0 Å². The van der Waals surface area contributed by atoms with Crippen molar-refractivity contribution in [3.05, 3.63) is 35.6 Å². The van der Waals surface area contributed by atoms with Crippen LogP contribution in [-0.2, 0) is 0 Å². The Morgan fingerprint density at radius 3 is 2.42 bits per heavy atom. The van der Waals surface area contributed by atoms with Crippen molar-refractivity contribution in [1.29, 1.82) is 0 Å². The second-order valence-electron chi connectivity index (χ2n) is 5.97. The number of benzene rings is 1. The third-order valence-corrected chi connectivity index (χ3v) is 3.57. The molecule has 0 aliphatic heterocycles. The maximum Gasteiger partial charge on any atom is 0.127 e. The number of hydrogen-bond acceptors (Lipinski definition) is 2. The molecule has 2 nitrogen and oxygen atoms in total. The van der Waals surface area contributed by atoms with Crippen LogP contribution < -0.4 is 5.73 Å². The van der Waals surface area contributed by atoms with Crippen molar-refractivity contribution in [2.45, 2.75) is 33.2 Å². The van der Waals surface area contributed by atoms with E-state index in [0.717, 1.165) is 13.1 Å². The van der Waals surface area contributed by atoms with Gasteiger partial charge in [-0.2, -0.15) is 0 Å². The van der Waals surface area contributed by atoms with Crippen LogP contribution in [0.5, 0.6) is 0 Å². The first-order valence-electron chi connectivity index (χ1n) is 7.10. The second-order valence-corrected chi connectivity index (χ2v) is 5.97. The Kier molecular flexibility index (Phi) is 6.46. The minimum Gasteiger partial charge on any atom is -0.324 e. The van der Waals surface area contributed by atoms with Crippen LogP contribution in [0.2, 0.25) is 0 Å². The Bertz CT molecular complexity index is 379. The highest BCUT2D eigenvalue weighted by Crippen LogP contribution is 2.22. The van der Waals surface area contributed by atoms with E-state index in [4.69, 9.17) is 5.73 Å². The van der Waals surface area contributed by atoms with E-state index in [-0.39, 0.29) is 17.8 Å². The minimum atomic E-state index is -0.248. The molecule has 0 saturated heterocycles. The second kappa shape index (κ2) is 7.61. The summed E-state index contributed by atoms with van der Waals surface area (Å²) in [6.07, 6.45) is 1.18. The van der Waals surface area contributed by atoms with Gasteiger partial charge in [-0.15, -0.1) is 0 Å². The van der Waals surface area contributed by atoms with E-state index in [0.29, 0.717) is 11.5 Å². The zero-order valence-electron chi connectivity index (χ0n) is 12.6. The van der Waals surface area contributed by atoms with E-state index in [1.54, 1.807) is 12.1 Å². The van der Waals surface area contributed by atoms with Crippen LogP contribution in [0.3, 0.4) is 0 Å². The molecular weight excluding hydrogens is 239 g/mol. The van der Waals surface area contributed by atoms with Gasteiger partial charge in [0.25, 0.3) is 0 Å². The third-order valence-electron chi connectivity index (χ3n) is 3.57. The zero-order valence-corrected chi connectivity index (χ0v) is 12.6. The molecule has 19 heavy (non-hydrogen) atoms. The van der Waals surface area contributed by atoms with Crippen LogP contribution in [0.4, 0.5) is 4.39 Å². The standard InChI is InChI=1S/C16H27FN2/c1-12(2)9-10-19(4)11-13(3)16(18)14-7-5-6-8-15(14)17/h5-8,12-13,16H,9-11,18H2,1-4H3. The van der Waals surface area contributed by atoms with Crippen molar-refractivity contribution in [3.8, 4) is 0 Å². The lowest BCUT2D eigenvalue weighted by Gasteiger charge is -2.26. The van der Waals surface area contributed by atoms with Gasteiger partial charge in [0.1, 0.15) is 5.82 Å². The maximum atomic E-state index is 13.7. The van der Waals surface area contributed by atoms with Crippen LogP contribution in [0.15, 0.2) is 24.3 Å². The Hall–Kier alpha value is -0.930. The van der Waals surface area contributed by atoms with Crippen molar-refractivity contribution in [1.82, 2.24) is 4.90 Å². The van der Waals surface area contributed by atoms with Crippen molar-refractivity contribution < 1.29 is 4.39 Å². The predicted molar refractivity (Wildman–Crippen MR) is 79.4 cm³/mol. The molecule has 3 heteroatoms. The van der Waals surface area contributed by atoms with Gasteiger partial charge >= 0.3 is 0 Å². The fourth-order valence-electron chi connectivity index (χ4n) is 2.23. The van der Waals surface area contributed by atoms with Gasteiger partial charge in [0.05, 0.1) is 0 Å². The van der Waals surface area contributed by atoms with Crippen molar-refractivity contribution >= 4 is 0 Å². The number of halogens is 1. The molecule has 0 aromatic heterocycles. The lowest BCUT2D eigenvalue weighted by atomic mass is 9.94. The number of rotatable bonds is 7. The average Bonchev–Trinajstić information content (AvgIpc) is 2.36. The predicted octanol–water partition coefficient (Wildman–Crippen LogP) is 3.44. The Morgan fingerprint density at radius 2 is 1.84 bits per heavy atom. The molecule has 1 aromatic rings. The van der Waals surface area contributed by atoms with Gasteiger partial charge in [0.2, 0.25) is 0 Å². The minimum absolute atomic E-state index is 0.202. The summed E-state index contributed by atoms with van der Waals surface area (Å²) in [5, 5.41) is 0. The maximum absolute atomic E-state index is 13.7. The molecule has 2 unspecified atom stereocenters. The largest absolute Gasteiger partial charge is 0.324 e. The van der Waals surface area contributed by atoms with E-state index >= 15 is 0 Å². The zero-order chi connectivity index (χ0) is 14.4. The summed E-state index contributed by atoms with van der Waals surface area (Å²) in [7, 11) is 2.10. The topological polar surface area (TPSA) is 29.3 Å². The lowest BCUT2D eigenvalue weighted by molar-refractivity contribution is 0.250. The SMILES string of the molecule is CC(C)CCN(C)CC(C)C(N)c1ccccc1F. The van der Waals surface area contributed by atoms with Crippen molar-refractivity contribution in [2.75, 3.05) is 20.1 Å². The number of hydrogen-bond donors (Lipinski definition) is 1. The summed E-state index contributed by atoms with van der Waals surface area (Å²) < 4.78 is 13.7. The molecule has 0 heterocycles. The van der Waals surface area contributed by atoms with Gasteiger partial charge in [-0.05, 0) is 37.9 Å². The number of nitrogens with two attached hydrogens (primary N) is 1. The van der Waals surface area contributed by atoms with Crippen LogP contribution in [0.25, 0.3) is 0 Å². The first-order chi connectivity index (χ1) is 8.91. The van der Waals surface area contributed by atoms with E-state index in [1.807, 2.05) is 6.07 Å². The van der Waals surface area contributed by atoms with E-state index < -0.39 is 0 Å². The van der Waals surface area contributed by atoms with E-state index in [2.05, 4.69) is 32.7 Å². The average molecular weight is 266 g/mol. The molecule has 0 aliphatic carbocycles. The highest BCUT2D eigenvalue weighted by Gasteiger charge is 2.19. The molecule has 2 N–H and O–H groups in total. The molecule has 108 valence electrons. The highest BCUT2D eigenvalue weighted by molar-refractivity contribution is 5.21. The fourth-order valence-corrected chi connectivity index (χ4v) is 2.23. The Morgan fingerprint density at radius 1 is 1.21 bits per heavy atom. The molecule has 0 aliphatic rings. The van der Waals surface area contributed by atoms with E-state index in [1.165, 1.54) is 12.5 Å². The van der Waals surface area contributed by atoms with Crippen LogP contribution in [0.1, 0.15) is 38.8 Å². The summed E-state index contributed by atoms with van der Waals surface area (Å²) >= 11 is 0. The molecule has 0 saturated carbocycles. The van der Waals surface area contributed by atoms with Gasteiger partial charge in [-0.3, -0.25) is 0 Å². The van der Waals surface area contributed by atoms with Crippen LogP contribution >= 0.6 is 0 Å². The smallest absolute Gasteiger partial charge is 0.127 e. The van der Waals surface area contributed by atoms with Crippen molar-refractivity contribution in [2.24, 2.45) is 17.6 Å². The highest BCUT2D eigenvalue weighted by atomic mass is 19.1. The molecule has 2 atom stereocenters. The van der Waals surface area contributed by atoms with Gasteiger partial charge in [-0.1, -0.05) is 39.0 Å². The van der Waals surface area contributed by atoms with Gasteiger partial charge in [-0.25, -0.2) is 4.39 Å². The molecule has 1 aromatic carbocycles. The molecule has 0 bridgehead atoms. The van der Waals surface area contributed by atoms with Crippen LogP contribution in [0, 0.1) is 17.7 Å². The third kappa shape index (κ3) is 5.29. The van der Waals surface area contributed by atoms with E-state index in [9.17, 15) is 4.39 Å². The van der Waals surface area contributed by atoms with Gasteiger partial charge in [0.15, 0.2) is 0 Å².